The highest BCUT2D eigenvalue weighted by atomic mass is 32.1. The lowest BCUT2D eigenvalue weighted by molar-refractivity contribution is 1.13. The first-order valence-corrected chi connectivity index (χ1v) is 6.94. The van der Waals surface area contributed by atoms with Crippen LogP contribution in [0.1, 0.15) is 0 Å². The van der Waals surface area contributed by atoms with E-state index in [1.54, 1.807) is 12.4 Å². The van der Waals surface area contributed by atoms with Crippen molar-refractivity contribution in [2.75, 3.05) is 19.0 Å². The number of anilines is 1. The standard InChI is InChI=1S/C14H13N5S/c1-19(2)11-5-3-10(4-6-11)17-18-14-16-12-7-8-15-9-13(12)20-14/h3-9H,1-2H3. The number of hydrogen-bond donors (Lipinski definition) is 0. The summed E-state index contributed by atoms with van der Waals surface area (Å²) in [5, 5.41) is 9.03. The van der Waals surface area contributed by atoms with Crippen LogP contribution in [0.15, 0.2) is 53.0 Å². The van der Waals surface area contributed by atoms with Gasteiger partial charge in [0.15, 0.2) is 0 Å². The van der Waals surface area contributed by atoms with Crippen LogP contribution in [-0.4, -0.2) is 24.1 Å². The molecule has 0 saturated carbocycles. The van der Waals surface area contributed by atoms with Crippen molar-refractivity contribution in [2.45, 2.75) is 0 Å². The van der Waals surface area contributed by atoms with Crippen molar-refractivity contribution < 1.29 is 0 Å². The second-order valence-corrected chi connectivity index (χ2v) is 5.46. The summed E-state index contributed by atoms with van der Waals surface area (Å²) in [7, 11) is 4.01. The van der Waals surface area contributed by atoms with Gasteiger partial charge in [-0.3, -0.25) is 4.98 Å². The molecule has 20 heavy (non-hydrogen) atoms. The Morgan fingerprint density at radius 1 is 1.05 bits per heavy atom. The molecule has 100 valence electrons. The molecule has 0 aliphatic heterocycles. The molecule has 0 fully saturated rings. The highest BCUT2D eigenvalue weighted by Gasteiger charge is 2.02. The van der Waals surface area contributed by atoms with E-state index < -0.39 is 0 Å². The molecule has 2 heterocycles. The maximum absolute atomic E-state index is 4.38. The zero-order chi connectivity index (χ0) is 13.9. The minimum absolute atomic E-state index is 0.643. The third-order valence-corrected chi connectivity index (χ3v) is 3.69. The molecule has 0 saturated heterocycles. The Morgan fingerprint density at radius 3 is 2.55 bits per heavy atom. The molecule has 0 atom stereocenters. The van der Waals surface area contributed by atoms with E-state index in [4.69, 9.17) is 0 Å². The third-order valence-electron chi connectivity index (χ3n) is 2.80. The van der Waals surface area contributed by atoms with Gasteiger partial charge in [-0.05, 0) is 30.3 Å². The first-order chi connectivity index (χ1) is 9.72. The number of fused-ring (bicyclic) bond motifs is 1. The lowest BCUT2D eigenvalue weighted by atomic mass is 10.3. The van der Waals surface area contributed by atoms with Crippen LogP contribution in [0, 0.1) is 0 Å². The van der Waals surface area contributed by atoms with Gasteiger partial charge in [0, 0.05) is 32.2 Å². The van der Waals surface area contributed by atoms with E-state index in [2.05, 4.69) is 20.2 Å². The van der Waals surface area contributed by atoms with E-state index in [1.807, 2.05) is 49.3 Å². The normalized spacial score (nSPS) is 11.3. The minimum atomic E-state index is 0.643. The second-order valence-electron chi connectivity index (χ2n) is 4.45. The largest absolute Gasteiger partial charge is 0.378 e. The molecule has 0 aliphatic rings. The van der Waals surface area contributed by atoms with Crippen LogP contribution in [0.5, 0.6) is 0 Å². The molecule has 0 amide bonds. The third kappa shape index (κ3) is 2.65. The summed E-state index contributed by atoms with van der Waals surface area (Å²) >= 11 is 1.48. The number of benzene rings is 1. The molecule has 3 rings (SSSR count). The summed E-state index contributed by atoms with van der Waals surface area (Å²) in [6.45, 7) is 0. The Bertz CT molecular complexity index is 713. The van der Waals surface area contributed by atoms with Gasteiger partial charge in [0.2, 0.25) is 5.13 Å². The number of rotatable bonds is 3. The SMILES string of the molecule is CN(C)c1ccc(N=Nc2nc3ccncc3s2)cc1. The number of hydrogen-bond acceptors (Lipinski definition) is 6. The Labute approximate surface area is 120 Å². The number of thiazole rings is 1. The molecule has 0 aliphatic carbocycles. The summed E-state index contributed by atoms with van der Waals surface area (Å²) in [5.74, 6) is 0. The smallest absolute Gasteiger partial charge is 0.231 e. The Kier molecular flexibility index (Phi) is 3.39. The summed E-state index contributed by atoms with van der Waals surface area (Å²) in [6.07, 6.45) is 3.51. The Balaban J connectivity index is 1.82. The van der Waals surface area contributed by atoms with Crippen molar-refractivity contribution in [3.8, 4) is 0 Å². The molecule has 3 aromatic rings. The molecule has 2 aromatic heterocycles. The van der Waals surface area contributed by atoms with Gasteiger partial charge >= 0.3 is 0 Å². The van der Waals surface area contributed by atoms with Crippen LogP contribution in [0.3, 0.4) is 0 Å². The van der Waals surface area contributed by atoms with Gasteiger partial charge in [-0.2, -0.15) is 0 Å². The van der Waals surface area contributed by atoms with Crippen LogP contribution >= 0.6 is 11.3 Å². The first-order valence-electron chi connectivity index (χ1n) is 6.12. The predicted molar refractivity (Wildman–Crippen MR) is 82.4 cm³/mol. The van der Waals surface area contributed by atoms with E-state index in [-0.39, 0.29) is 0 Å². The zero-order valence-corrected chi connectivity index (χ0v) is 12.0. The first kappa shape index (κ1) is 12.7. The lowest BCUT2D eigenvalue weighted by Crippen LogP contribution is -2.07. The van der Waals surface area contributed by atoms with Gasteiger partial charge in [0.25, 0.3) is 0 Å². The van der Waals surface area contributed by atoms with Crippen LogP contribution in [0.4, 0.5) is 16.5 Å². The highest BCUT2D eigenvalue weighted by molar-refractivity contribution is 7.21. The number of azo groups is 1. The maximum atomic E-state index is 4.38. The average Bonchev–Trinajstić information content (AvgIpc) is 2.88. The zero-order valence-electron chi connectivity index (χ0n) is 11.2. The summed E-state index contributed by atoms with van der Waals surface area (Å²) < 4.78 is 1.02. The Morgan fingerprint density at radius 2 is 1.85 bits per heavy atom. The van der Waals surface area contributed by atoms with Gasteiger partial charge in [-0.15, -0.1) is 10.2 Å². The van der Waals surface area contributed by atoms with Gasteiger partial charge in [-0.1, -0.05) is 11.3 Å². The molecule has 0 N–H and O–H groups in total. The number of aromatic nitrogens is 2. The molecule has 0 bridgehead atoms. The van der Waals surface area contributed by atoms with Crippen LogP contribution in [0.2, 0.25) is 0 Å². The summed E-state index contributed by atoms with van der Waals surface area (Å²) in [4.78, 5) is 10.5. The van der Waals surface area contributed by atoms with E-state index in [0.29, 0.717) is 5.13 Å². The fraction of sp³-hybridized carbons (Fsp3) is 0.143. The summed E-state index contributed by atoms with van der Waals surface area (Å²) in [5.41, 5.74) is 2.85. The molecule has 0 radical (unpaired) electrons. The lowest BCUT2D eigenvalue weighted by Gasteiger charge is -2.11. The summed E-state index contributed by atoms with van der Waals surface area (Å²) in [6, 6.07) is 9.77. The van der Waals surface area contributed by atoms with Crippen molar-refractivity contribution in [2.24, 2.45) is 10.2 Å². The van der Waals surface area contributed by atoms with Crippen LogP contribution < -0.4 is 4.90 Å². The van der Waals surface area contributed by atoms with Gasteiger partial charge in [-0.25, -0.2) is 4.98 Å². The van der Waals surface area contributed by atoms with E-state index in [0.717, 1.165) is 21.6 Å². The molecular formula is C14H13N5S. The fourth-order valence-electron chi connectivity index (χ4n) is 1.73. The van der Waals surface area contributed by atoms with E-state index in [9.17, 15) is 0 Å². The molecule has 0 unspecified atom stereocenters. The number of nitrogens with zero attached hydrogens (tertiary/aromatic N) is 5. The number of pyridine rings is 1. The molecule has 5 nitrogen and oxygen atoms in total. The van der Waals surface area contributed by atoms with Crippen molar-refractivity contribution in [1.82, 2.24) is 9.97 Å². The average molecular weight is 283 g/mol. The molecule has 6 heteroatoms. The van der Waals surface area contributed by atoms with Crippen molar-refractivity contribution in [1.29, 1.82) is 0 Å². The molecular weight excluding hydrogens is 270 g/mol. The fourth-order valence-corrected chi connectivity index (χ4v) is 2.48. The van der Waals surface area contributed by atoms with Gasteiger partial charge in [0.1, 0.15) is 0 Å². The second kappa shape index (κ2) is 5.34. The maximum Gasteiger partial charge on any atom is 0.231 e. The topological polar surface area (TPSA) is 53.7 Å². The van der Waals surface area contributed by atoms with Gasteiger partial charge in [0.05, 0.1) is 15.9 Å². The van der Waals surface area contributed by atoms with E-state index >= 15 is 0 Å². The van der Waals surface area contributed by atoms with Gasteiger partial charge < -0.3 is 4.90 Å². The minimum Gasteiger partial charge on any atom is -0.378 e. The molecule has 1 aromatic carbocycles. The highest BCUT2D eigenvalue weighted by Crippen LogP contribution is 2.28. The van der Waals surface area contributed by atoms with Crippen molar-refractivity contribution in [3.05, 3.63) is 42.7 Å². The predicted octanol–water partition coefficient (Wildman–Crippen LogP) is 4.17. The quantitative estimate of drug-likeness (QED) is 0.678. The van der Waals surface area contributed by atoms with Crippen LogP contribution in [0.25, 0.3) is 10.2 Å². The monoisotopic (exact) mass is 283 g/mol. The van der Waals surface area contributed by atoms with Crippen molar-refractivity contribution in [3.63, 3.8) is 0 Å². The molecule has 0 spiro atoms. The van der Waals surface area contributed by atoms with Crippen molar-refractivity contribution >= 4 is 38.1 Å². The van der Waals surface area contributed by atoms with E-state index in [1.165, 1.54) is 11.3 Å². The Hall–Kier alpha value is -2.34. The van der Waals surface area contributed by atoms with Crippen LogP contribution in [-0.2, 0) is 0 Å².